The van der Waals surface area contributed by atoms with Crippen LogP contribution < -0.4 is 0 Å². The standard InChI is InChI=1S/C12H13F2NO2/c13-12(14,11(16)17)8-15-6-5-9-3-1-2-4-10(9)7-15/h1-4H,5-8H2,(H,16,17). The van der Waals surface area contributed by atoms with Crippen LogP contribution in [0, 0.1) is 0 Å². The molecule has 1 aliphatic heterocycles. The fourth-order valence-electron chi connectivity index (χ4n) is 2.04. The molecule has 1 N–H and O–H groups in total. The number of alkyl halides is 2. The van der Waals surface area contributed by atoms with Gasteiger partial charge in [-0.1, -0.05) is 24.3 Å². The summed E-state index contributed by atoms with van der Waals surface area (Å²) in [5.74, 6) is -5.73. The molecule has 0 spiro atoms. The van der Waals surface area contributed by atoms with Gasteiger partial charge >= 0.3 is 11.9 Å². The van der Waals surface area contributed by atoms with E-state index in [4.69, 9.17) is 5.11 Å². The molecule has 0 fully saturated rings. The van der Waals surface area contributed by atoms with Crippen LogP contribution in [0.2, 0.25) is 0 Å². The van der Waals surface area contributed by atoms with E-state index in [0.717, 1.165) is 11.1 Å². The van der Waals surface area contributed by atoms with Crippen LogP contribution in [0.1, 0.15) is 11.1 Å². The Morgan fingerprint density at radius 2 is 2.00 bits per heavy atom. The molecule has 17 heavy (non-hydrogen) atoms. The van der Waals surface area contributed by atoms with Crippen LogP contribution in [-0.2, 0) is 17.8 Å². The van der Waals surface area contributed by atoms with Crippen LogP contribution >= 0.6 is 0 Å². The summed E-state index contributed by atoms with van der Waals surface area (Å²) in [4.78, 5) is 11.8. The van der Waals surface area contributed by atoms with E-state index in [-0.39, 0.29) is 0 Å². The lowest BCUT2D eigenvalue weighted by Gasteiger charge is -2.30. The van der Waals surface area contributed by atoms with Gasteiger partial charge in [-0.3, -0.25) is 4.90 Å². The van der Waals surface area contributed by atoms with Crippen LogP contribution in [0.4, 0.5) is 8.78 Å². The number of benzene rings is 1. The summed E-state index contributed by atoms with van der Waals surface area (Å²) in [6, 6.07) is 7.64. The van der Waals surface area contributed by atoms with Crippen molar-refractivity contribution in [2.24, 2.45) is 0 Å². The molecule has 0 radical (unpaired) electrons. The third-order valence-corrected chi connectivity index (χ3v) is 2.94. The lowest BCUT2D eigenvalue weighted by Crippen LogP contribution is -2.44. The highest BCUT2D eigenvalue weighted by atomic mass is 19.3. The Hall–Kier alpha value is -1.49. The number of carboxylic acid groups (broad SMARTS) is 1. The van der Waals surface area contributed by atoms with E-state index in [1.54, 1.807) is 0 Å². The molecule has 0 saturated carbocycles. The molecule has 2 rings (SSSR count). The van der Waals surface area contributed by atoms with Crippen molar-refractivity contribution >= 4 is 5.97 Å². The topological polar surface area (TPSA) is 40.5 Å². The number of hydrogen-bond acceptors (Lipinski definition) is 2. The number of halogens is 2. The number of carboxylic acids is 1. The molecule has 1 aromatic rings. The zero-order chi connectivity index (χ0) is 12.5. The minimum Gasteiger partial charge on any atom is -0.477 e. The first-order chi connectivity index (χ1) is 7.99. The molecule has 0 atom stereocenters. The van der Waals surface area contributed by atoms with Crippen LogP contribution in [-0.4, -0.2) is 35.0 Å². The lowest BCUT2D eigenvalue weighted by atomic mass is 10.00. The smallest absolute Gasteiger partial charge is 0.375 e. The molecular formula is C12H13F2NO2. The van der Waals surface area contributed by atoms with E-state index in [9.17, 15) is 13.6 Å². The van der Waals surface area contributed by atoms with Gasteiger partial charge in [-0.2, -0.15) is 8.78 Å². The van der Waals surface area contributed by atoms with Crippen LogP contribution in [0.15, 0.2) is 24.3 Å². The molecule has 3 nitrogen and oxygen atoms in total. The molecule has 0 unspecified atom stereocenters. The Morgan fingerprint density at radius 1 is 1.35 bits per heavy atom. The van der Waals surface area contributed by atoms with Crippen molar-refractivity contribution in [3.8, 4) is 0 Å². The van der Waals surface area contributed by atoms with Gasteiger partial charge in [0.25, 0.3) is 0 Å². The second kappa shape index (κ2) is 4.41. The van der Waals surface area contributed by atoms with Gasteiger partial charge in [0.2, 0.25) is 0 Å². The van der Waals surface area contributed by atoms with E-state index in [0.29, 0.717) is 19.5 Å². The first-order valence-electron chi connectivity index (χ1n) is 5.39. The molecule has 0 saturated heterocycles. The number of rotatable bonds is 3. The average molecular weight is 241 g/mol. The quantitative estimate of drug-likeness (QED) is 0.876. The van der Waals surface area contributed by atoms with Crippen molar-refractivity contribution in [2.45, 2.75) is 18.9 Å². The summed E-state index contributed by atoms with van der Waals surface area (Å²) in [5.41, 5.74) is 2.15. The predicted octanol–water partition coefficient (Wildman–Crippen LogP) is 1.76. The molecule has 0 amide bonds. The van der Waals surface area contributed by atoms with Crippen molar-refractivity contribution in [1.29, 1.82) is 0 Å². The molecule has 0 bridgehead atoms. The largest absolute Gasteiger partial charge is 0.477 e. The maximum Gasteiger partial charge on any atom is 0.375 e. The average Bonchev–Trinajstić information content (AvgIpc) is 2.28. The van der Waals surface area contributed by atoms with E-state index < -0.39 is 18.4 Å². The number of carbonyl (C=O) groups is 1. The number of hydrogen-bond donors (Lipinski definition) is 1. The molecule has 1 heterocycles. The normalized spacial score (nSPS) is 16.6. The summed E-state index contributed by atoms with van der Waals surface area (Å²) in [6.07, 6.45) is 0.686. The molecule has 5 heteroatoms. The van der Waals surface area contributed by atoms with Crippen LogP contribution in [0.5, 0.6) is 0 Å². The Kier molecular flexibility index (Phi) is 3.11. The zero-order valence-electron chi connectivity index (χ0n) is 9.20. The minimum atomic E-state index is -3.67. The summed E-state index contributed by atoms with van der Waals surface area (Å²) < 4.78 is 26.1. The first-order valence-corrected chi connectivity index (χ1v) is 5.39. The first kappa shape index (κ1) is 12.0. The van der Waals surface area contributed by atoms with Gasteiger partial charge < -0.3 is 5.11 Å². The van der Waals surface area contributed by atoms with Crippen molar-refractivity contribution in [3.05, 3.63) is 35.4 Å². The van der Waals surface area contributed by atoms with Gasteiger partial charge in [-0.25, -0.2) is 4.79 Å². The van der Waals surface area contributed by atoms with Crippen molar-refractivity contribution in [3.63, 3.8) is 0 Å². The highest BCUT2D eigenvalue weighted by Crippen LogP contribution is 2.22. The van der Waals surface area contributed by atoms with Crippen molar-refractivity contribution in [1.82, 2.24) is 4.90 Å². The van der Waals surface area contributed by atoms with Crippen LogP contribution in [0.25, 0.3) is 0 Å². The van der Waals surface area contributed by atoms with E-state index in [2.05, 4.69) is 0 Å². The molecule has 1 aromatic carbocycles. The highest BCUT2D eigenvalue weighted by Gasteiger charge is 2.41. The molecule has 0 aromatic heterocycles. The number of aliphatic carboxylic acids is 1. The van der Waals surface area contributed by atoms with Gasteiger partial charge in [0.15, 0.2) is 0 Å². The Balaban J connectivity index is 2.06. The molecule has 1 aliphatic rings. The SMILES string of the molecule is O=C(O)C(F)(F)CN1CCc2ccccc2C1. The fourth-order valence-corrected chi connectivity index (χ4v) is 2.04. The zero-order valence-corrected chi connectivity index (χ0v) is 9.20. The summed E-state index contributed by atoms with van der Waals surface area (Å²) in [5, 5.41) is 8.39. The predicted molar refractivity (Wildman–Crippen MR) is 58.0 cm³/mol. The Bertz CT molecular complexity index is 434. The second-order valence-electron chi connectivity index (χ2n) is 4.24. The van der Waals surface area contributed by atoms with E-state index in [1.165, 1.54) is 4.90 Å². The highest BCUT2D eigenvalue weighted by molar-refractivity contribution is 5.75. The minimum absolute atomic E-state index is 0.388. The molecule has 92 valence electrons. The fraction of sp³-hybridized carbons (Fsp3) is 0.417. The third-order valence-electron chi connectivity index (χ3n) is 2.94. The van der Waals surface area contributed by atoms with Gasteiger partial charge in [0, 0.05) is 13.1 Å². The summed E-state index contributed by atoms with van der Waals surface area (Å²) in [7, 11) is 0. The maximum absolute atomic E-state index is 13.1. The Morgan fingerprint density at radius 3 is 2.65 bits per heavy atom. The number of fused-ring (bicyclic) bond motifs is 1. The van der Waals surface area contributed by atoms with Crippen molar-refractivity contribution in [2.75, 3.05) is 13.1 Å². The molecular weight excluding hydrogens is 228 g/mol. The summed E-state index contributed by atoms with van der Waals surface area (Å²) >= 11 is 0. The third kappa shape index (κ3) is 2.61. The van der Waals surface area contributed by atoms with Gasteiger partial charge in [-0.15, -0.1) is 0 Å². The Labute approximate surface area is 97.7 Å². The van der Waals surface area contributed by atoms with Crippen molar-refractivity contribution < 1.29 is 18.7 Å². The lowest BCUT2D eigenvalue weighted by molar-refractivity contribution is -0.167. The van der Waals surface area contributed by atoms with Gasteiger partial charge in [0.1, 0.15) is 0 Å². The van der Waals surface area contributed by atoms with E-state index in [1.807, 2.05) is 24.3 Å². The summed E-state index contributed by atoms with van der Waals surface area (Å²) in [6.45, 7) is 0.135. The monoisotopic (exact) mass is 241 g/mol. The van der Waals surface area contributed by atoms with Crippen LogP contribution in [0.3, 0.4) is 0 Å². The van der Waals surface area contributed by atoms with Gasteiger partial charge in [0.05, 0.1) is 6.54 Å². The number of nitrogens with zero attached hydrogens (tertiary/aromatic N) is 1. The van der Waals surface area contributed by atoms with E-state index >= 15 is 0 Å². The molecule has 0 aliphatic carbocycles. The van der Waals surface area contributed by atoms with Gasteiger partial charge in [-0.05, 0) is 17.5 Å². The second-order valence-corrected chi connectivity index (χ2v) is 4.24. The maximum atomic E-state index is 13.1.